The molecule has 0 saturated carbocycles. The predicted molar refractivity (Wildman–Crippen MR) is 109 cm³/mol. The molecule has 0 aliphatic heterocycles. The second kappa shape index (κ2) is 7.85. The smallest absolute Gasteiger partial charge is 0.265 e. The van der Waals surface area contributed by atoms with Gasteiger partial charge in [0.05, 0.1) is 16.8 Å². The van der Waals surface area contributed by atoms with Gasteiger partial charge >= 0.3 is 0 Å². The molecule has 3 aromatic rings. The molecule has 1 aromatic heterocycles. The summed E-state index contributed by atoms with van der Waals surface area (Å²) in [4.78, 5) is 11.3. The van der Waals surface area contributed by atoms with Crippen LogP contribution in [0.3, 0.4) is 0 Å². The van der Waals surface area contributed by atoms with Crippen LogP contribution in [-0.4, -0.2) is 30.1 Å². The molecule has 8 heteroatoms. The van der Waals surface area contributed by atoms with Crippen LogP contribution in [0.15, 0.2) is 71.8 Å². The Morgan fingerprint density at radius 1 is 1.04 bits per heavy atom. The molecule has 0 unspecified atom stereocenters. The van der Waals surface area contributed by atoms with Crippen molar-refractivity contribution in [2.24, 2.45) is 0 Å². The monoisotopic (exact) mass is 398 g/mol. The molecule has 0 aliphatic carbocycles. The van der Waals surface area contributed by atoms with E-state index in [0.717, 1.165) is 5.69 Å². The van der Waals surface area contributed by atoms with E-state index >= 15 is 0 Å². The first-order valence-electron chi connectivity index (χ1n) is 8.82. The van der Waals surface area contributed by atoms with Gasteiger partial charge in [0, 0.05) is 24.7 Å². The Labute approximate surface area is 164 Å². The van der Waals surface area contributed by atoms with Crippen molar-refractivity contribution < 1.29 is 13.2 Å². The summed E-state index contributed by atoms with van der Waals surface area (Å²) in [5, 5.41) is 6.94. The van der Waals surface area contributed by atoms with Crippen molar-refractivity contribution in [3.8, 4) is 5.69 Å². The number of carbonyl (C=O) groups is 1. The molecule has 0 spiro atoms. The first-order valence-corrected chi connectivity index (χ1v) is 10.3. The minimum absolute atomic E-state index is 0.135. The fraction of sp³-hybridized carbons (Fsp3) is 0.200. The van der Waals surface area contributed by atoms with Crippen LogP contribution in [0, 0.1) is 0 Å². The fourth-order valence-corrected chi connectivity index (χ4v) is 4.57. The zero-order valence-corrected chi connectivity index (χ0v) is 16.7. The van der Waals surface area contributed by atoms with Gasteiger partial charge in [-0.3, -0.25) is 4.79 Å². The summed E-state index contributed by atoms with van der Waals surface area (Å²) in [6.07, 6.45) is 1.58. The van der Waals surface area contributed by atoms with Crippen molar-refractivity contribution in [2.45, 2.75) is 31.7 Å². The van der Waals surface area contributed by atoms with Gasteiger partial charge in [0.2, 0.25) is 5.91 Å². The van der Waals surface area contributed by atoms with E-state index in [-0.39, 0.29) is 16.8 Å². The van der Waals surface area contributed by atoms with E-state index in [1.807, 2.05) is 44.2 Å². The molecule has 0 atom stereocenters. The predicted octanol–water partition coefficient (Wildman–Crippen LogP) is 3.43. The molecule has 1 N–H and O–H groups in total. The number of nitrogens with one attached hydrogen (secondary N) is 1. The molecule has 3 rings (SSSR count). The number of rotatable bonds is 6. The molecule has 0 aliphatic rings. The number of hydrogen-bond acceptors (Lipinski definition) is 4. The van der Waals surface area contributed by atoms with Gasteiger partial charge < -0.3 is 5.32 Å². The summed E-state index contributed by atoms with van der Waals surface area (Å²) in [6.45, 7) is 5.02. The first kappa shape index (κ1) is 19.6. The van der Waals surface area contributed by atoms with E-state index < -0.39 is 10.0 Å². The number of aromatic nitrogens is 2. The van der Waals surface area contributed by atoms with Crippen molar-refractivity contribution in [3.63, 3.8) is 0 Å². The molecular weight excluding hydrogens is 376 g/mol. The highest BCUT2D eigenvalue weighted by Gasteiger charge is 2.30. The third-order valence-electron chi connectivity index (χ3n) is 4.05. The zero-order valence-electron chi connectivity index (χ0n) is 15.9. The fourth-order valence-electron chi connectivity index (χ4n) is 2.92. The van der Waals surface area contributed by atoms with Crippen molar-refractivity contribution in [2.75, 3.05) is 9.62 Å². The van der Waals surface area contributed by atoms with Gasteiger partial charge in [0.25, 0.3) is 10.0 Å². The van der Waals surface area contributed by atoms with Crippen LogP contribution in [0.4, 0.5) is 11.5 Å². The standard InChI is InChI=1S/C20H22N4O3S/c1-15(2)24(20-13-14-21-23(20)18-7-5-4-6-8-18)28(26,27)19-11-9-17(10-12-19)22-16(3)25/h4-15H,1-3H3,(H,22,25). The van der Waals surface area contributed by atoms with Crippen LogP contribution in [0.25, 0.3) is 5.69 Å². The number of sulfonamides is 1. The second-order valence-electron chi connectivity index (χ2n) is 6.54. The van der Waals surface area contributed by atoms with Crippen molar-refractivity contribution in [3.05, 3.63) is 66.9 Å². The van der Waals surface area contributed by atoms with E-state index in [2.05, 4.69) is 10.4 Å². The molecule has 0 saturated heterocycles. The maximum atomic E-state index is 13.4. The van der Waals surface area contributed by atoms with Gasteiger partial charge in [0.15, 0.2) is 0 Å². The maximum Gasteiger partial charge on any atom is 0.265 e. The molecule has 0 radical (unpaired) electrons. The van der Waals surface area contributed by atoms with Gasteiger partial charge in [-0.05, 0) is 50.2 Å². The second-order valence-corrected chi connectivity index (χ2v) is 8.35. The van der Waals surface area contributed by atoms with Crippen LogP contribution in [0.1, 0.15) is 20.8 Å². The lowest BCUT2D eigenvalue weighted by Crippen LogP contribution is -2.38. The molecule has 1 amide bonds. The van der Waals surface area contributed by atoms with Crippen LogP contribution in [0.2, 0.25) is 0 Å². The number of amides is 1. The van der Waals surface area contributed by atoms with Gasteiger partial charge in [-0.2, -0.15) is 5.10 Å². The van der Waals surface area contributed by atoms with Crippen molar-refractivity contribution in [1.82, 2.24) is 9.78 Å². The summed E-state index contributed by atoms with van der Waals surface area (Å²) >= 11 is 0. The minimum Gasteiger partial charge on any atom is -0.326 e. The van der Waals surface area contributed by atoms with Gasteiger partial charge in [0.1, 0.15) is 5.82 Å². The SMILES string of the molecule is CC(=O)Nc1ccc(S(=O)(=O)N(c2ccnn2-c2ccccc2)C(C)C)cc1. The highest BCUT2D eigenvalue weighted by atomic mass is 32.2. The zero-order chi connectivity index (χ0) is 20.3. The summed E-state index contributed by atoms with van der Waals surface area (Å²) in [5.41, 5.74) is 1.31. The molecule has 0 bridgehead atoms. The molecule has 7 nitrogen and oxygen atoms in total. The Balaban J connectivity index is 2.04. The summed E-state index contributed by atoms with van der Waals surface area (Å²) in [6, 6.07) is 16.8. The molecule has 1 heterocycles. The van der Waals surface area contributed by atoms with Crippen LogP contribution < -0.4 is 9.62 Å². The van der Waals surface area contributed by atoms with E-state index in [9.17, 15) is 13.2 Å². The highest BCUT2D eigenvalue weighted by Crippen LogP contribution is 2.28. The lowest BCUT2D eigenvalue weighted by molar-refractivity contribution is -0.114. The van der Waals surface area contributed by atoms with Crippen molar-refractivity contribution in [1.29, 1.82) is 0 Å². The number of carbonyl (C=O) groups excluding carboxylic acids is 1. The van der Waals surface area contributed by atoms with E-state index in [1.54, 1.807) is 29.1 Å². The third kappa shape index (κ3) is 3.91. The lowest BCUT2D eigenvalue weighted by atomic mass is 10.3. The summed E-state index contributed by atoms with van der Waals surface area (Å²) in [5.74, 6) is 0.235. The number of para-hydroxylation sites is 1. The Hall–Kier alpha value is -3.13. The van der Waals surface area contributed by atoms with E-state index in [0.29, 0.717) is 11.5 Å². The average Bonchev–Trinajstić information content (AvgIpc) is 3.11. The Bertz CT molecular complexity index is 1060. The molecule has 0 fully saturated rings. The number of anilines is 2. The quantitative estimate of drug-likeness (QED) is 0.689. The molecular formula is C20H22N4O3S. The molecule has 28 heavy (non-hydrogen) atoms. The van der Waals surface area contributed by atoms with Crippen molar-refractivity contribution >= 4 is 27.4 Å². The summed E-state index contributed by atoms with van der Waals surface area (Å²) in [7, 11) is -3.84. The molecule has 2 aromatic carbocycles. The van der Waals surface area contributed by atoms with Gasteiger partial charge in [-0.1, -0.05) is 18.2 Å². The minimum atomic E-state index is -3.84. The van der Waals surface area contributed by atoms with Crippen LogP contribution in [0.5, 0.6) is 0 Å². The Morgan fingerprint density at radius 2 is 1.68 bits per heavy atom. The van der Waals surface area contributed by atoms with Crippen LogP contribution >= 0.6 is 0 Å². The van der Waals surface area contributed by atoms with E-state index in [4.69, 9.17) is 0 Å². The maximum absolute atomic E-state index is 13.4. The normalized spacial score (nSPS) is 11.4. The van der Waals surface area contributed by atoms with Gasteiger partial charge in [-0.15, -0.1) is 0 Å². The average molecular weight is 398 g/mol. The highest BCUT2D eigenvalue weighted by molar-refractivity contribution is 7.92. The molecule has 146 valence electrons. The van der Waals surface area contributed by atoms with Gasteiger partial charge in [-0.25, -0.2) is 17.4 Å². The lowest BCUT2D eigenvalue weighted by Gasteiger charge is -2.28. The van der Waals surface area contributed by atoms with Crippen LogP contribution in [-0.2, 0) is 14.8 Å². The van der Waals surface area contributed by atoms with E-state index in [1.165, 1.54) is 23.4 Å². The first-order chi connectivity index (χ1) is 13.3. The summed E-state index contributed by atoms with van der Waals surface area (Å²) < 4.78 is 29.7. The Morgan fingerprint density at radius 3 is 2.25 bits per heavy atom. The largest absolute Gasteiger partial charge is 0.326 e. The number of nitrogens with zero attached hydrogens (tertiary/aromatic N) is 3. The topological polar surface area (TPSA) is 84.3 Å². The number of hydrogen-bond donors (Lipinski definition) is 1. The Kier molecular flexibility index (Phi) is 5.51. The third-order valence-corrected chi connectivity index (χ3v) is 6.04. The number of benzene rings is 2.